The molecule has 0 spiro atoms. The number of benzene rings is 1. The lowest BCUT2D eigenvalue weighted by Crippen LogP contribution is -2.05. The van der Waals surface area contributed by atoms with E-state index in [-0.39, 0.29) is 28.0 Å². The fourth-order valence-electron chi connectivity index (χ4n) is 2.92. The van der Waals surface area contributed by atoms with E-state index in [4.69, 9.17) is 9.47 Å². The van der Waals surface area contributed by atoms with E-state index >= 15 is 0 Å². The number of methoxy groups -OCH3 is 2. The summed E-state index contributed by atoms with van der Waals surface area (Å²) in [7, 11) is 0.916. The van der Waals surface area contributed by atoms with Gasteiger partial charge in [0, 0.05) is 12.3 Å². The topological polar surface area (TPSA) is 137 Å². The van der Waals surface area contributed by atoms with Gasteiger partial charge in [0.15, 0.2) is 5.16 Å². The molecule has 0 aliphatic rings. The van der Waals surface area contributed by atoms with Gasteiger partial charge in [-0.1, -0.05) is 20.8 Å². The molecule has 3 aromatic rings. The third kappa shape index (κ3) is 5.05. The summed E-state index contributed by atoms with van der Waals surface area (Å²) >= 11 is 0. The smallest absolute Gasteiger partial charge is 0.338 e. The molecule has 1 N–H and O–H groups in total. The summed E-state index contributed by atoms with van der Waals surface area (Å²) < 4.78 is 22.7. The minimum atomic E-state index is -1.68. The number of carbonyl (C=O) groups excluding carboxylic acids is 1. The molecule has 11 heteroatoms. The van der Waals surface area contributed by atoms with Crippen LogP contribution in [0.2, 0.25) is 0 Å². The number of aromatic amines is 1. The Hall–Kier alpha value is -3.34. The lowest BCUT2D eigenvalue weighted by atomic mass is 10.0. The lowest BCUT2D eigenvalue weighted by Gasteiger charge is -2.06. The van der Waals surface area contributed by atoms with Crippen molar-refractivity contribution < 1.29 is 23.4 Å². The van der Waals surface area contributed by atoms with Crippen LogP contribution in [0.5, 0.6) is 5.75 Å². The second-order valence-electron chi connectivity index (χ2n) is 5.97. The van der Waals surface area contributed by atoms with Gasteiger partial charge in [-0.05, 0) is 24.1 Å². The molecule has 2 heterocycles. The van der Waals surface area contributed by atoms with Crippen LogP contribution in [0.3, 0.4) is 0 Å². The largest absolute Gasteiger partial charge is 0.489 e. The Morgan fingerprint density at radius 3 is 2.58 bits per heavy atom. The Labute approximate surface area is 181 Å². The zero-order chi connectivity index (χ0) is 23.1. The summed E-state index contributed by atoms with van der Waals surface area (Å²) in [5, 5.41) is 11.3. The fourth-order valence-corrected chi connectivity index (χ4v) is 3.93. The van der Waals surface area contributed by atoms with Crippen LogP contribution in [-0.4, -0.2) is 44.3 Å². The first-order valence-electron chi connectivity index (χ1n) is 9.55. The summed E-state index contributed by atoms with van der Waals surface area (Å²) in [5.74, 6) is -0.641. The number of aromatic nitrogens is 3. The van der Waals surface area contributed by atoms with Gasteiger partial charge in [-0.25, -0.2) is 9.78 Å². The van der Waals surface area contributed by atoms with Crippen molar-refractivity contribution >= 4 is 33.5 Å². The second kappa shape index (κ2) is 10.6. The van der Waals surface area contributed by atoms with E-state index in [9.17, 15) is 19.1 Å². The standard InChI is InChI=1S/C18H18N4O6S.C2H6/c1-4-10-7-12-13(8-11(10)17(23)28-3)21-18(20-12)29(26)9-14-16(27-2)15(22(24)25)5-6-19-14;1-2/h5-8H,4,9H2,1-3H3,(H,20,21);1-2H3. The number of carbonyl (C=O) groups is 1. The van der Waals surface area contributed by atoms with Crippen LogP contribution < -0.4 is 4.74 Å². The predicted octanol–water partition coefficient (Wildman–Crippen LogP) is 3.56. The van der Waals surface area contributed by atoms with Gasteiger partial charge in [-0.3, -0.25) is 19.3 Å². The van der Waals surface area contributed by atoms with E-state index in [0.717, 1.165) is 5.56 Å². The third-order valence-electron chi connectivity index (χ3n) is 4.31. The highest BCUT2D eigenvalue weighted by Crippen LogP contribution is 2.30. The number of H-pyrrole nitrogens is 1. The second-order valence-corrected chi connectivity index (χ2v) is 7.34. The maximum atomic E-state index is 12.8. The van der Waals surface area contributed by atoms with Gasteiger partial charge >= 0.3 is 11.7 Å². The number of nitro groups is 1. The van der Waals surface area contributed by atoms with Gasteiger partial charge in [0.1, 0.15) is 5.69 Å². The van der Waals surface area contributed by atoms with Crippen molar-refractivity contribution in [1.29, 1.82) is 0 Å². The summed E-state index contributed by atoms with van der Waals surface area (Å²) in [5.41, 5.74) is 2.18. The molecule has 0 aliphatic heterocycles. The number of hydrogen-bond acceptors (Lipinski definition) is 8. The molecule has 10 nitrogen and oxygen atoms in total. The lowest BCUT2D eigenvalue weighted by molar-refractivity contribution is -0.385. The molecule has 0 radical (unpaired) electrons. The number of fused-ring (bicyclic) bond motifs is 1. The zero-order valence-electron chi connectivity index (χ0n) is 17.9. The summed E-state index contributed by atoms with van der Waals surface area (Å²) in [6.07, 6.45) is 1.87. The van der Waals surface area contributed by atoms with Crippen LogP contribution in [0, 0.1) is 10.1 Å². The van der Waals surface area contributed by atoms with E-state index in [2.05, 4.69) is 15.0 Å². The van der Waals surface area contributed by atoms with Crippen LogP contribution >= 0.6 is 0 Å². The molecule has 0 fully saturated rings. The number of ether oxygens (including phenoxy) is 2. The molecule has 0 amide bonds. The SMILES string of the molecule is CC.CCc1cc2[nH]c(S(=O)Cc3nccc([N+](=O)[O-])c3OC)nc2cc1C(=O)OC. The highest BCUT2D eigenvalue weighted by Gasteiger charge is 2.23. The van der Waals surface area contributed by atoms with Gasteiger partial charge in [0.05, 0.1) is 52.3 Å². The quantitative estimate of drug-likeness (QED) is 0.329. The van der Waals surface area contributed by atoms with E-state index in [1.807, 2.05) is 20.8 Å². The minimum Gasteiger partial charge on any atom is -0.489 e. The van der Waals surface area contributed by atoms with Crippen LogP contribution in [0.1, 0.15) is 42.4 Å². The maximum absolute atomic E-state index is 12.8. The molecule has 1 aromatic carbocycles. The number of esters is 1. The Morgan fingerprint density at radius 1 is 1.29 bits per heavy atom. The van der Waals surface area contributed by atoms with Crippen LogP contribution in [-0.2, 0) is 27.7 Å². The van der Waals surface area contributed by atoms with Crippen molar-refractivity contribution in [2.45, 2.75) is 38.1 Å². The van der Waals surface area contributed by atoms with E-state index in [1.54, 1.807) is 12.1 Å². The van der Waals surface area contributed by atoms with Crippen molar-refractivity contribution in [3.63, 3.8) is 0 Å². The van der Waals surface area contributed by atoms with Crippen LogP contribution in [0.15, 0.2) is 29.6 Å². The molecule has 0 saturated heterocycles. The molecule has 1 atom stereocenters. The number of rotatable bonds is 7. The number of imidazole rings is 1. The predicted molar refractivity (Wildman–Crippen MR) is 116 cm³/mol. The van der Waals surface area contributed by atoms with E-state index < -0.39 is 21.7 Å². The van der Waals surface area contributed by atoms with Crippen molar-refractivity contribution in [1.82, 2.24) is 15.0 Å². The molecule has 0 saturated carbocycles. The summed E-state index contributed by atoms with van der Waals surface area (Å²) in [4.78, 5) is 33.9. The van der Waals surface area contributed by atoms with Crippen molar-refractivity contribution in [2.24, 2.45) is 0 Å². The Balaban J connectivity index is 0.00000166. The number of hydrogen-bond donors (Lipinski definition) is 1. The number of nitrogens with one attached hydrogen (secondary N) is 1. The highest BCUT2D eigenvalue weighted by atomic mass is 32.2. The Morgan fingerprint density at radius 2 is 2.00 bits per heavy atom. The Kier molecular flexibility index (Phi) is 8.20. The number of pyridine rings is 1. The summed E-state index contributed by atoms with van der Waals surface area (Å²) in [6, 6.07) is 4.57. The maximum Gasteiger partial charge on any atom is 0.338 e. The average molecular weight is 449 g/mol. The molecule has 2 aromatic heterocycles. The molecule has 166 valence electrons. The first-order valence-corrected chi connectivity index (χ1v) is 10.9. The summed E-state index contributed by atoms with van der Waals surface area (Å²) in [6.45, 7) is 5.91. The van der Waals surface area contributed by atoms with Gasteiger partial charge < -0.3 is 14.5 Å². The number of aryl methyl sites for hydroxylation is 1. The molecular formula is C20H24N4O6S. The van der Waals surface area contributed by atoms with Crippen LogP contribution in [0.25, 0.3) is 11.0 Å². The molecule has 31 heavy (non-hydrogen) atoms. The van der Waals surface area contributed by atoms with E-state index in [1.165, 1.54) is 26.5 Å². The normalized spacial score (nSPS) is 11.4. The fraction of sp³-hybridized carbons (Fsp3) is 0.350. The highest BCUT2D eigenvalue weighted by molar-refractivity contribution is 7.84. The average Bonchev–Trinajstić information content (AvgIpc) is 3.21. The van der Waals surface area contributed by atoms with Gasteiger partial charge in [0.2, 0.25) is 5.75 Å². The van der Waals surface area contributed by atoms with Crippen LogP contribution in [0.4, 0.5) is 5.69 Å². The molecule has 0 aliphatic carbocycles. The first kappa shape index (κ1) is 23.9. The van der Waals surface area contributed by atoms with Crippen molar-refractivity contribution in [3.05, 3.63) is 51.3 Å². The molecule has 1 unspecified atom stereocenters. The van der Waals surface area contributed by atoms with E-state index in [0.29, 0.717) is 23.0 Å². The molecule has 0 bridgehead atoms. The Bertz CT molecular complexity index is 1130. The molecular weight excluding hydrogens is 424 g/mol. The van der Waals surface area contributed by atoms with Gasteiger partial charge in [-0.2, -0.15) is 0 Å². The van der Waals surface area contributed by atoms with Gasteiger partial charge in [-0.15, -0.1) is 0 Å². The molecule has 3 rings (SSSR count). The third-order valence-corrected chi connectivity index (χ3v) is 5.47. The van der Waals surface area contributed by atoms with Crippen molar-refractivity contribution in [3.8, 4) is 5.75 Å². The zero-order valence-corrected chi connectivity index (χ0v) is 18.7. The first-order chi connectivity index (χ1) is 14.9. The monoisotopic (exact) mass is 448 g/mol. The van der Waals surface area contributed by atoms with Gasteiger partial charge in [0.25, 0.3) is 0 Å². The number of nitrogens with zero attached hydrogens (tertiary/aromatic N) is 3. The minimum absolute atomic E-state index is 0.0387. The van der Waals surface area contributed by atoms with Crippen molar-refractivity contribution in [2.75, 3.05) is 14.2 Å².